The molecule has 2 aromatic heterocycles. The first-order chi connectivity index (χ1) is 14.3. The molecule has 0 spiro atoms. The van der Waals surface area contributed by atoms with Crippen LogP contribution in [0.1, 0.15) is 0 Å². The van der Waals surface area contributed by atoms with Gasteiger partial charge in [0.1, 0.15) is 4.21 Å². The molecule has 1 fully saturated rings. The Bertz CT molecular complexity index is 1170. The molecule has 0 aliphatic carbocycles. The molecule has 0 saturated carbocycles. The molecule has 3 aromatic rings. The summed E-state index contributed by atoms with van der Waals surface area (Å²) in [5.74, 6) is -0.183. The Kier molecular flexibility index (Phi) is 5.97. The summed E-state index contributed by atoms with van der Waals surface area (Å²) in [4.78, 5) is 20.4. The van der Waals surface area contributed by atoms with Crippen molar-refractivity contribution < 1.29 is 13.2 Å². The van der Waals surface area contributed by atoms with Gasteiger partial charge in [0.15, 0.2) is 0 Å². The van der Waals surface area contributed by atoms with Crippen LogP contribution < -0.4 is 4.90 Å². The number of carbonyl (C=O) groups is 1. The largest absolute Gasteiger partial charge is 0.373 e. The van der Waals surface area contributed by atoms with Crippen LogP contribution in [0.15, 0.2) is 53.0 Å². The fourth-order valence-electron chi connectivity index (χ4n) is 3.36. The summed E-state index contributed by atoms with van der Waals surface area (Å²) < 4.78 is 28.4. The minimum absolute atomic E-state index is 0.143. The number of fused-ring (bicyclic) bond motifs is 1. The fourth-order valence-corrected chi connectivity index (χ4v) is 6.57. The summed E-state index contributed by atoms with van der Waals surface area (Å²) in [7, 11) is -1.77. The van der Waals surface area contributed by atoms with Crippen LogP contribution in [0.5, 0.6) is 0 Å². The molecule has 10 heteroatoms. The van der Waals surface area contributed by atoms with E-state index in [-0.39, 0.29) is 23.2 Å². The smallest absolute Gasteiger partial charge is 0.253 e. The van der Waals surface area contributed by atoms with Crippen LogP contribution in [0.25, 0.3) is 10.1 Å². The quantitative estimate of drug-likeness (QED) is 0.560. The van der Waals surface area contributed by atoms with E-state index >= 15 is 0 Å². The van der Waals surface area contributed by atoms with Gasteiger partial charge in [-0.3, -0.25) is 9.78 Å². The number of rotatable bonds is 6. The Hall–Kier alpha value is -2.20. The lowest BCUT2D eigenvalue weighted by Gasteiger charge is -2.34. The molecule has 3 heterocycles. The van der Waals surface area contributed by atoms with Gasteiger partial charge in [-0.25, -0.2) is 8.42 Å². The highest BCUT2D eigenvalue weighted by Crippen LogP contribution is 2.33. The van der Waals surface area contributed by atoms with E-state index in [1.807, 2.05) is 24.1 Å². The molecular formula is C20H21ClN4O3S2. The number of amides is 1. The molecule has 7 nitrogen and oxygen atoms in total. The molecule has 0 radical (unpaired) electrons. The molecular weight excluding hydrogens is 444 g/mol. The van der Waals surface area contributed by atoms with Crippen LogP contribution >= 0.6 is 22.9 Å². The van der Waals surface area contributed by atoms with Crippen molar-refractivity contribution in [3.05, 3.63) is 53.8 Å². The third-order valence-electron chi connectivity index (χ3n) is 5.15. The van der Waals surface area contributed by atoms with Crippen molar-refractivity contribution in [2.45, 2.75) is 4.21 Å². The number of nitrogens with zero attached hydrogens (tertiary/aromatic N) is 4. The van der Waals surface area contributed by atoms with E-state index in [0.717, 1.165) is 15.8 Å². The zero-order valence-electron chi connectivity index (χ0n) is 16.4. The molecule has 158 valence electrons. The van der Waals surface area contributed by atoms with E-state index in [9.17, 15) is 13.2 Å². The van der Waals surface area contributed by atoms with Gasteiger partial charge in [-0.15, -0.1) is 11.3 Å². The van der Waals surface area contributed by atoms with Gasteiger partial charge in [-0.05, 0) is 35.7 Å². The zero-order valence-corrected chi connectivity index (χ0v) is 18.8. The van der Waals surface area contributed by atoms with Gasteiger partial charge < -0.3 is 9.80 Å². The number of piperazine rings is 1. The molecule has 1 aliphatic heterocycles. The predicted molar refractivity (Wildman–Crippen MR) is 120 cm³/mol. The SMILES string of the molecule is CN(CCN1CCN(S(=O)(=O)c2cc3ccc(Cl)cc3s2)CC1=O)c1ccncc1. The Morgan fingerprint density at radius 2 is 1.93 bits per heavy atom. The average molecular weight is 465 g/mol. The number of halogens is 1. The van der Waals surface area contributed by atoms with Gasteiger partial charge in [-0.1, -0.05) is 17.7 Å². The molecule has 30 heavy (non-hydrogen) atoms. The predicted octanol–water partition coefficient (Wildman–Crippen LogP) is 2.92. The van der Waals surface area contributed by atoms with Crippen molar-refractivity contribution in [2.24, 2.45) is 0 Å². The molecule has 1 saturated heterocycles. The maximum Gasteiger partial charge on any atom is 0.253 e. The number of aromatic nitrogens is 1. The maximum atomic E-state index is 13.1. The summed E-state index contributed by atoms with van der Waals surface area (Å²) in [6.07, 6.45) is 3.45. The van der Waals surface area contributed by atoms with Gasteiger partial charge in [0, 0.05) is 61.0 Å². The second-order valence-corrected chi connectivity index (χ2v) is 10.8. The summed E-state index contributed by atoms with van der Waals surface area (Å²) in [6, 6.07) is 10.7. The van der Waals surface area contributed by atoms with Crippen molar-refractivity contribution in [2.75, 3.05) is 44.7 Å². The third kappa shape index (κ3) is 4.29. The van der Waals surface area contributed by atoms with E-state index < -0.39 is 10.0 Å². The zero-order chi connectivity index (χ0) is 21.3. The van der Waals surface area contributed by atoms with Crippen molar-refractivity contribution in [3.63, 3.8) is 0 Å². The van der Waals surface area contributed by atoms with Crippen molar-refractivity contribution in [1.82, 2.24) is 14.2 Å². The molecule has 1 aliphatic rings. The minimum atomic E-state index is -3.72. The number of sulfonamides is 1. The molecule has 0 unspecified atom stereocenters. The topological polar surface area (TPSA) is 73.8 Å². The molecule has 0 bridgehead atoms. The summed E-state index contributed by atoms with van der Waals surface area (Å²) in [6.45, 7) is 1.70. The maximum absolute atomic E-state index is 13.1. The van der Waals surface area contributed by atoms with Gasteiger partial charge in [0.25, 0.3) is 10.0 Å². The number of pyridine rings is 1. The number of benzene rings is 1. The Balaban J connectivity index is 1.41. The lowest BCUT2D eigenvalue weighted by atomic mass is 10.3. The highest BCUT2D eigenvalue weighted by Gasteiger charge is 2.33. The lowest BCUT2D eigenvalue weighted by molar-refractivity contribution is -0.133. The Morgan fingerprint density at radius 1 is 1.17 bits per heavy atom. The van der Waals surface area contributed by atoms with Crippen LogP contribution in [0, 0.1) is 0 Å². The standard InChI is InChI=1S/C20H21ClN4O3S2/c1-23(17-4-6-22-7-5-17)8-9-24-10-11-25(14-19(24)26)30(27,28)20-12-15-2-3-16(21)13-18(15)29-20/h2-7,12-13H,8-11,14H2,1H3. The third-order valence-corrected chi connectivity index (χ3v) is 8.77. The van der Waals surface area contributed by atoms with Gasteiger partial charge in [0.2, 0.25) is 5.91 Å². The number of hydrogen-bond acceptors (Lipinski definition) is 6. The van der Waals surface area contributed by atoms with E-state index in [0.29, 0.717) is 24.7 Å². The second-order valence-electron chi connectivity index (χ2n) is 7.09. The first-order valence-corrected chi connectivity index (χ1v) is 12.1. The van der Waals surface area contributed by atoms with E-state index in [1.165, 1.54) is 15.6 Å². The second kappa shape index (κ2) is 8.50. The number of carbonyl (C=O) groups excluding carboxylic acids is 1. The molecule has 0 atom stereocenters. The Morgan fingerprint density at radius 3 is 2.67 bits per heavy atom. The van der Waals surface area contributed by atoms with Crippen LogP contribution in [0.3, 0.4) is 0 Å². The van der Waals surface area contributed by atoms with Gasteiger partial charge in [-0.2, -0.15) is 4.31 Å². The first-order valence-electron chi connectivity index (χ1n) is 9.43. The highest BCUT2D eigenvalue weighted by molar-refractivity contribution is 7.91. The molecule has 4 rings (SSSR count). The van der Waals surface area contributed by atoms with Crippen molar-refractivity contribution >= 4 is 54.6 Å². The Labute approximate surface area is 184 Å². The summed E-state index contributed by atoms with van der Waals surface area (Å²) in [5, 5.41) is 1.39. The van der Waals surface area contributed by atoms with Crippen LogP contribution in [-0.2, 0) is 14.8 Å². The van der Waals surface area contributed by atoms with E-state index in [2.05, 4.69) is 4.98 Å². The van der Waals surface area contributed by atoms with Gasteiger partial charge >= 0.3 is 0 Å². The van der Waals surface area contributed by atoms with E-state index in [4.69, 9.17) is 11.6 Å². The van der Waals surface area contributed by atoms with E-state index in [1.54, 1.807) is 41.6 Å². The monoisotopic (exact) mass is 464 g/mol. The number of thiophene rings is 1. The van der Waals surface area contributed by atoms with Crippen molar-refractivity contribution in [3.8, 4) is 0 Å². The number of hydrogen-bond donors (Lipinski definition) is 0. The summed E-state index contributed by atoms with van der Waals surface area (Å²) in [5.41, 5.74) is 1.02. The first kappa shape index (κ1) is 21.0. The van der Waals surface area contributed by atoms with Crippen LogP contribution in [-0.4, -0.2) is 68.3 Å². The molecule has 0 N–H and O–H groups in total. The fraction of sp³-hybridized carbons (Fsp3) is 0.300. The number of anilines is 1. The highest BCUT2D eigenvalue weighted by atomic mass is 35.5. The van der Waals surface area contributed by atoms with Crippen molar-refractivity contribution in [1.29, 1.82) is 0 Å². The molecule has 1 aromatic carbocycles. The van der Waals surface area contributed by atoms with Gasteiger partial charge in [0.05, 0.1) is 6.54 Å². The lowest BCUT2D eigenvalue weighted by Crippen LogP contribution is -2.53. The van der Waals surface area contributed by atoms with Crippen LogP contribution in [0.4, 0.5) is 5.69 Å². The minimum Gasteiger partial charge on any atom is -0.373 e. The molecule has 1 amide bonds. The average Bonchev–Trinajstić information content (AvgIpc) is 3.17. The normalized spacial score (nSPS) is 15.7. The number of likely N-dealkylation sites (N-methyl/N-ethyl adjacent to an activating group) is 1. The van der Waals surface area contributed by atoms with Crippen LogP contribution in [0.2, 0.25) is 5.02 Å². The summed E-state index contributed by atoms with van der Waals surface area (Å²) >= 11 is 7.18.